The van der Waals surface area contributed by atoms with E-state index in [1.54, 1.807) is 43.3 Å². The van der Waals surface area contributed by atoms with Gasteiger partial charge in [0.05, 0.1) is 19.3 Å². The van der Waals surface area contributed by atoms with Crippen LogP contribution < -0.4 is 10.1 Å². The molecule has 0 unspecified atom stereocenters. The number of nitrogens with zero attached hydrogens (tertiary/aromatic N) is 1. The first-order valence-electron chi connectivity index (χ1n) is 9.06. The molecule has 2 rings (SSSR count). The summed E-state index contributed by atoms with van der Waals surface area (Å²) in [5.41, 5.74) is 1.43. The Morgan fingerprint density at radius 1 is 1.10 bits per heavy atom. The first-order chi connectivity index (χ1) is 14.2. The summed E-state index contributed by atoms with van der Waals surface area (Å²) in [4.78, 5) is 23.7. The highest BCUT2D eigenvalue weighted by Gasteiger charge is 2.23. The second kappa shape index (κ2) is 10.0. The van der Waals surface area contributed by atoms with Crippen LogP contribution in [0.1, 0.15) is 22.8 Å². The zero-order chi connectivity index (χ0) is 22.3. The second-order valence-corrected chi connectivity index (χ2v) is 8.44. The fourth-order valence-corrected chi connectivity index (χ4v) is 3.51. The Balaban J connectivity index is 2.18. The molecule has 0 aromatic heterocycles. The molecular formula is C21H24N2O6S. The summed E-state index contributed by atoms with van der Waals surface area (Å²) in [7, 11) is 0.389. The minimum atomic E-state index is -3.76. The maximum absolute atomic E-state index is 12.6. The number of carbonyl (C=O) groups is 2. The standard InChI is InChI=1S/C21H24N2O6S/c1-5-29-18-12-11-17(14-19(18)30(26,27)23(2)3)22-20(24)13-8-15-6-9-16(10-7-15)21(25)28-4/h6-14H,5H2,1-4H3,(H,22,24)/b13-8+. The summed E-state index contributed by atoms with van der Waals surface area (Å²) in [5.74, 6) is -0.669. The van der Waals surface area contributed by atoms with Gasteiger partial charge in [0.25, 0.3) is 0 Å². The lowest BCUT2D eigenvalue weighted by Crippen LogP contribution is -2.23. The van der Waals surface area contributed by atoms with Gasteiger partial charge in [0.2, 0.25) is 15.9 Å². The molecule has 0 aliphatic heterocycles. The molecule has 0 spiro atoms. The smallest absolute Gasteiger partial charge is 0.337 e. The average molecular weight is 432 g/mol. The summed E-state index contributed by atoms with van der Waals surface area (Å²) in [6.45, 7) is 2.06. The first-order valence-corrected chi connectivity index (χ1v) is 10.5. The fraction of sp³-hybridized carbons (Fsp3) is 0.238. The van der Waals surface area contributed by atoms with Crippen LogP contribution in [0, 0.1) is 0 Å². The van der Waals surface area contributed by atoms with Crippen LogP contribution in [0.25, 0.3) is 6.08 Å². The van der Waals surface area contributed by atoms with Crippen molar-refractivity contribution in [2.75, 3.05) is 33.1 Å². The van der Waals surface area contributed by atoms with E-state index in [9.17, 15) is 18.0 Å². The lowest BCUT2D eigenvalue weighted by Gasteiger charge is -2.16. The number of amides is 1. The van der Waals surface area contributed by atoms with Gasteiger partial charge in [0.15, 0.2) is 0 Å². The Bertz CT molecular complexity index is 1040. The van der Waals surface area contributed by atoms with Crippen molar-refractivity contribution in [1.29, 1.82) is 0 Å². The normalized spacial score (nSPS) is 11.5. The van der Waals surface area contributed by atoms with Crippen molar-refractivity contribution in [3.63, 3.8) is 0 Å². The van der Waals surface area contributed by atoms with Crippen LogP contribution in [-0.2, 0) is 19.6 Å². The number of methoxy groups -OCH3 is 1. The number of ether oxygens (including phenoxy) is 2. The molecule has 0 saturated carbocycles. The highest BCUT2D eigenvalue weighted by atomic mass is 32.2. The summed E-state index contributed by atoms with van der Waals surface area (Å²) in [6.07, 6.45) is 2.88. The third-order valence-corrected chi connectivity index (χ3v) is 5.86. The molecule has 0 fully saturated rings. The second-order valence-electron chi connectivity index (χ2n) is 6.32. The molecule has 0 atom stereocenters. The van der Waals surface area contributed by atoms with Gasteiger partial charge < -0.3 is 14.8 Å². The molecule has 2 aromatic rings. The van der Waals surface area contributed by atoms with E-state index in [1.807, 2.05) is 0 Å². The summed E-state index contributed by atoms with van der Waals surface area (Å²) < 4.78 is 36.2. The largest absolute Gasteiger partial charge is 0.492 e. The molecule has 9 heteroatoms. The zero-order valence-corrected chi connectivity index (χ0v) is 18.0. The quantitative estimate of drug-likeness (QED) is 0.508. The van der Waals surface area contributed by atoms with E-state index in [0.717, 1.165) is 4.31 Å². The summed E-state index contributed by atoms with van der Waals surface area (Å²) in [6, 6.07) is 11.0. The molecule has 30 heavy (non-hydrogen) atoms. The SMILES string of the molecule is CCOc1ccc(NC(=O)/C=C/c2ccc(C(=O)OC)cc2)cc1S(=O)(=O)N(C)C. The molecule has 8 nitrogen and oxygen atoms in total. The molecule has 0 aliphatic rings. The Hall–Kier alpha value is -3.17. The first kappa shape index (κ1) is 23.1. The van der Waals surface area contributed by atoms with Crippen LogP contribution >= 0.6 is 0 Å². The van der Waals surface area contributed by atoms with Crippen molar-refractivity contribution in [2.45, 2.75) is 11.8 Å². The van der Waals surface area contributed by atoms with Crippen LogP contribution in [0.4, 0.5) is 5.69 Å². The van der Waals surface area contributed by atoms with Gasteiger partial charge in [-0.15, -0.1) is 0 Å². The fourth-order valence-electron chi connectivity index (χ4n) is 2.46. The van der Waals surface area contributed by atoms with E-state index in [0.29, 0.717) is 23.4 Å². The topological polar surface area (TPSA) is 102 Å². The third-order valence-electron chi connectivity index (χ3n) is 4.03. The summed E-state index contributed by atoms with van der Waals surface area (Å²) in [5, 5.41) is 2.63. The summed E-state index contributed by atoms with van der Waals surface area (Å²) >= 11 is 0. The molecule has 0 radical (unpaired) electrons. The minimum Gasteiger partial charge on any atom is -0.492 e. The van der Waals surface area contributed by atoms with Crippen LogP contribution in [0.3, 0.4) is 0 Å². The van der Waals surface area contributed by atoms with Gasteiger partial charge in [-0.1, -0.05) is 12.1 Å². The molecule has 0 heterocycles. The number of esters is 1. The maximum Gasteiger partial charge on any atom is 0.337 e. The van der Waals surface area contributed by atoms with E-state index < -0.39 is 21.9 Å². The lowest BCUT2D eigenvalue weighted by molar-refractivity contribution is -0.111. The van der Waals surface area contributed by atoms with Crippen LogP contribution in [0.15, 0.2) is 53.4 Å². The van der Waals surface area contributed by atoms with E-state index in [-0.39, 0.29) is 10.6 Å². The van der Waals surface area contributed by atoms with Crippen molar-refractivity contribution in [1.82, 2.24) is 4.31 Å². The molecule has 0 aliphatic carbocycles. The van der Waals surface area contributed by atoms with Crippen LogP contribution in [0.2, 0.25) is 0 Å². The van der Waals surface area contributed by atoms with E-state index >= 15 is 0 Å². The third kappa shape index (κ3) is 5.68. The number of rotatable bonds is 8. The van der Waals surface area contributed by atoms with Gasteiger partial charge in [-0.3, -0.25) is 4.79 Å². The number of hydrogen-bond donors (Lipinski definition) is 1. The molecule has 0 bridgehead atoms. The predicted molar refractivity (Wildman–Crippen MR) is 114 cm³/mol. The number of nitrogens with one attached hydrogen (secondary N) is 1. The number of sulfonamides is 1. The van der Waals surface area contributed by atoms with E-state index in [1.165, 1.54) is 39.4 Å². The molecule has 1 N–H and O–H groups in total. The van der Waals surface area contributed by atoms with Gasteiger partial charge in [-0.25, -0.2) is 17.5 Å². The number of carbonyl (C=O) groups excluding carboxylic acids is 2. The van der Waals surface area contributed by atoms with Crippen LogP contribution in [0.5, 0.6) is 5.75 Å². The number of benzene rings is 2. The zero-order valence-electron chi connectivity index (χ0n) is 17.2. The van der Waals surface area contributed by atoms with Crippen molar-refractivity contribution in [3.8, 4) is 5.75 Å². The number of anilines is 1. The highest BCUT2D eigenvalue weighted by Crippen LogP contribution is 2.29. The van der Waals surface area contributed by atoms with Gasteiger partial charge in [0.1, 0.15) is 10.6 Å². The van der Waals surface area contributed by atoms with Crippen LogP contribution in [-0.4, -0.2) is 52.4 Å². The highest BCUT2D eigenvalue weighted by molar-refractivity contribution is 7.89. The number of hydrogen-bond acceptors (Lipinski definition) is 6. The van der Waals surface area contributed by atoms with Crippen molar-refractivity contribution in [3.05, 3.63) is 59.7 Å². The Labute approximate surface area is 176 Å². The van der Waals surface area contributed by atoms with Gasteiger partial charge in [0, 0.05) is 25.9 Å². The van der Waals surface area contributed by atoms with Gasteiger partial charge in [-0.05, 0) is 48.9 Å². The Morgan fingerprint density at radius 3 is 2.33 bits per heavy atom. The predicted octanol–water partition coefficient (Wildman–Crippen LogP) is 2.77. The van der Waals surface area contributed by atoms with Crippen molar-refractivity contribution in [2.24, 2.45) is 0 Å². The van der Waals surface area contributed by atoms with Gasteiger partial charge in [-0.2, -0.15) is 0 Å². The Kier molecular flexibility index (Phi) is 7.73. The molecular weight excluding hydrogens is 408 g/mol. The minimum absolute atomic E-state index is 0.0328. The molecule has 160 valence electrons. The van der Waals surface area contributed by atoms with Crippen molar-refractivity contribution >= 4 is 33.7 Å². The molecule has 2 aromatic carbocycles. The van der Waals surface area contributed by atoms with E-state index in [4.69, 9.17) is 4.74 Å². The van der Waals surface area contributed by atoms with Gasteiger partial charge >= 0.3 is 5.97 Å². The monoisotopic (exact) mass is 432 g/mol. The molecule has 0 saturated heterocycles. The Morgan fingerprint density at radius 2 is 1.77 bits per heavy atom. The maximum atomic E-state index is 12.6. The molecule has 1 amide bonds. The average Bonchev–Trinajstić information content (AvgIpc) is 2.73. The lowest BCUT2D eigenvalue weighted by atomic mass is 10.1. The van der Waals surface area contributed by atoms with E-state index in [2.05, 4.69) is 10.1 Å². The van der Waals surface area contributed by atoms with Crippen molar-refractivity contribution < 1.29 is 27.5 Å².